The molecule has 0 saturated heterocycles. The number of aryl methyl sites for hydroxylation is 1. The molecular formula is C26H33NO3. The number of benzene rings is 2. The molecule has 2 aromatic rings. The van der Waals surface area contributed by atoms with E-state index in [9.17, 15) is 15.3 Å². The molecule has 0 bridgehead atoms. The first kappa shape index (κ1) is 20.0. The Balaban J connectivity index is 1.35. The molecule has 0 heterocycles. The summed E-state index contributed by atoms with van der Waals surface area (Å²) < 4.78 is 0. The number of fused-ring (bicyclic) bond motifs is 5. The molecule has 5 rings (SSSR count). The predicted octanol–water partition coefficient (Wildman–Crippen LogP) is 3.87. The van der Waals surface area contributed by atoms with Gasteiger partial charge in [-0.1, -0.05) is 43.3 Å². The van der Waals surface area contributed by atoms with Crippen LogP contribution in [0.25, 0.3) is 0 Å². The summed E-state index contributed by atoms with van der Waals surface area (Å²) in [6.45, 7) is 2.99. The third kappa shape index (κ3) is 3.17. The van der Waals surface area contributed by atoms with E-state index < -0.39 is 0 Å². The maximum Gasteiger partial charge on any atom is 0.120 e. The van der Waals surface area contributed by atoms with Crippen molar-refractivity contribution in [1.82, 2.24) is 5.32 Å². The van der Waals surface area contributed by atoms with Gasteiger partial charge in [-0.15, -0.1) is 0 Å². The maximum atomic E-state index is 11.3. The highest BCUT2D eigenvalue weighted by molar-refractivity contribution is 5.38. The van der Waals surface area contributed by atoms with Crippen molar-refractivity contribution in [3.8, 4) is 5.75 Å². The molecular weight excluding hydrogens is 374 g/mol. The second kappa shape index (κ2) is 7.67. The summed E-state index contributed by atoms with van der Waals surface area (Å²) in [5, 5.41) is 34.4. The minimum absolute atomic E-state index is 0.0416. The van der Waals surface area contributed by atoms with E-state index >= 15 is 0 Å². The lowest BCUT2D eigenvalue weighted by Gasteiger charge is -2.50. The summed E-state index contributed by atoms with van der Waals surface area (Å²) in [6, 6.07) is 14.0. The van der Waals surface area contributed by atoms with Crippen molar-refractivity contribution in [2.24, 2.45) is 17.3 Å². The molecule has 3 aliphatic rings. The van der Waals surface area contributed by atoms with Crippen LogP contribution in [0.5, 0.6) is 5.75 Å². The molecule has 4 heteroatoms. The van der Waals surface area contributed by atoms with E-state index in [1.54, 1.807) is 6.07 Å². The highest BCUT2D eigenvalue weighted by atomic mass is 16.3. The third-order valence-electron chi connectivity index (χ3n) is 8.52. The van der Waals surface area contributed by atoms with Crippen LogP contribution in [0.4, 0.5) is 0 Å². The van der Waals surface area contributed by atoms with E-state index in [4.69, 9.17) is 0 Å². The van der Waals surface area contributed by atoms with E-state index in [1.807, 2.05) is 18.2 Å². The molecule has 2 saturated carbocycles. The van der Waals surface area contributed by atoms with Gasteiger partial charge in [-0.2, -0.15) is 0 Å². The topological polar surface area (TPSA) is 72.7 Å². The van der Waals surface area contributed by atoms with Gasteiger partial charge in [0.25, 0.3) is 0 Å². The first-order chi connectivity index (χ1) is 14.5. The first-order valence-electron chi connectivity index (χ1n) is 11.4. The summed E-state index contributed by atoms with van der Waals surface area (Å²) in [5.41, 5.74) is 4.75. The van der Waals surface area contributed by atoms with E-state index in [2.05, 4.69) is 30.4 Å². The van der Waals surface area contributed by atoms with E-state index in [0.29, 0.717) is 30.0 Å². The molecule has 4 nitrogen and oxygen atoms in total. The number of aromatic hydroxyl groups is 1. The molecule has 2 aromatic carbocycles. The number of aliphatic hydroxyl groups is 2. The van der Waals surface area contributed by atoms with Crippen molar-refractivity contribution in [1.29, 1.82) is 0 Å². The van der Waals surface area contributed by atoms with Crippen molar-refractivity contribution in [3.05, 3.63) is 64.7 Å². The second-order valence-electron chi connectivity index (χ2n) is 9.95. The standard InChI is InChI=1S/C26H33NO3/c1-26-11-10-20-19-8-6-16(15-28)12-17(19)7-9-21(20)22(26)13-23(25(26)30)27-14-18-4-2-3-5-24(18)29/h2-6,8,12,20-23,25,27-30H,7,9-11,13-15H2,1H3/t20?,21?,22?,23-,25+,26+/m1/s1. The van der Waals surface area contributed by atoms with Crippen molar-refractivity contribution < 1.29 is 15.3 Å². The van der Waals surface area contributed by atoms with Crippen LogP contribution in [-0.2, 0) is 19.6 Å². The van der Waals surface area contributed by atoms with Gasteiger partial charge in [0.15, 0.2) is 0 Å². The quantitative estimate of drug-likeness (QED) is 0.621. The molecule has 0 aromatic heterocycles. The number of hydrogen-bond acceptors (Lipinski definition) is 4. The van der Waals surface area contributed by atoms with E-state index in [-0.39, 0.29) is 24.2 Å². The summed E-state index contributed by atoms with van der Waals surface area (Å²) >= 11 is 0. The molecule has 2 fully saturated rings. The van der Waals surface area contributed by atoms with Crippen LogP contribution in [0.2, 0.25) is 0 Å². The smallest absolute Gasteiger partial charge is 0.120 e. The van der Waals surface area contributed by atoms with Gasteiger partial charge in [-0.3, -0.25) is 0 Å². The molecule has 3 unspecified atom stereocenters. The Morgan fingerprint density at radius 3 is 2.77 bits per heavy atom. The van der Waals surface area contributed by atoms with Gasteiger partial charge in [0.2, 0.25) is 0 Å². The zero-order valence-corrected chi connectivity index (χ0v) is 17.7. The van der Waals surface area contributed by atoms with E-state index in [1.165, 1.54) is 17.5 Å². The zero-order valence-electron chi connectivity index (χ0n) is 17.7. The monoisotopic (exact) mass is 407 g/mol. The van der Waals surface area contributed by atoms with Gasteiger partial charge in [0, 0.05) is 18.2 Å². The second-order valence-corrected chi connectivity index (χ2v) is 9.95. The Hall–Kier alpha value is -1.88. The van der Waals surface area contributed by atoms with Crippen LogP contribution in [0.15, 0.2) is 42.5 Å². The fourth-order valence-corrected chi connectivity index (χ4v) is 6.85. The van der Waals surface area contributed by atoms with Crippen molar-refractivity contribution in [2.45, 2.75) is 70.2 Å². The normalized spacial score (nSPS) is 34.8. The lowest BCUT2D eigenvalue weighted by molar-refractivity contribution is -0.0281. The third-order valence-corrected chi connectivity index (χ3v) is 8.52. The number of phenols is 1. The number of aliphatic hydroxyl groups excluding tert-OH is 2. The molecule has 6 atom stereocenters. The summed E-state index contributed by atoms with van der Waals surface area (Å²) in [7, 11) is 0. The zero-order chi connectivity index (χ0) is 20.9. The van der Waals surface area contributed by atoms with Crippen LogP contribution in [0.3, 0.4) is 0 Å². The SMILES string of the molecule is C[C@]12CCC3c4ccc(CO)cc4CCC3C1C[C@@H](NCc1ccccc1O)[C@@H]2O. The largest absolute Gasteiger partial charge is 0.508 e. The average molecular weight is 408 g/mol. The fraction of sp³-hybridized carbons (Fsp3) is 0.538. The van der Waals surface area contributed by atoms with E-state index in [0.717, 1.165) is 36.8 Å². The average Bonchev–Trinajstić information content (AvgIpc) is 3.03. The van der Waals surface area contributed by atoms with Gasteiger partial charge < -0.3 is 20.6 Å². The highest BCUT2D eigenvalue weighted by Gasteiger charge is 2.57. The van der Waals surface area contributed by atoms with Crippen LogP contribution in [0.1, 0.15) is 60.8 Å². The molecule has 30 heavy (non-hydrogen) atoms. The van der Waals surface area contributed by atoms with Crippen molar-refractivity contribution in [2.75, 3.05) is 0 Å². The number of phenolic OH excluding ortho intramolecular Hbond substituents is 1. The van der Waals surface area contributed by atoms with Gasteiger partial charge in [0.1, 0.15) is 5.75 Å². The molecule has 0 radical (unpaired) electrons. The number of hydrogen-bond donors (Lipinski definition) is 4. The van der Waals surface area contributed by atoms with Crippen molar-refractivity contribution >= 4 is 0 Å². The van der Waals surface area contributed by atoms with Crippen LogP contribution < -0.4 is 5.32 Å². The van der Waals surface area contributed by atoms with Gasteiger partial charge in [-0.25, -0.2) is 0 Å². The maximum absolute atomic E-state index is 11.3. The lowest BCUT2D eigenvalue weighted by atomic mass is 9.55. The molecule has 0 spiro atoms. The van der Waals surface area contributed by atoms with Gasteiger partial charge in [-0.05, 0) is 78.0 Å². The highest BCUT2D eigenvalue weighted by Crippen LogP contribution is 2.60. The summed E-state index contributed by atoms with van der Waals surface area (Å²) in [6.07, 6.45) is 5.07. The number of nitrogens with one attached hydrogen (secondary N) is 1. The molecule has 0 amide bonds. The Morgan fingerprint density at radius 2 is 1.97 bits per heavy atom. The molecule has 0 aliphatic heterocycles. The Morgan fingerprint density at radius 1 is 1.13 bits per heavy atom. The Kier molecular flexibility index (Phi) is 5.12. The van der Waals surface area contributed by atoms with Crippen LogP contribution in [-0.4, -0.2) is 27.5 Å². The van der Waals surface area contributed by atoms with Crippen LogP contribution in [0, 0.1) is 17.3 Å². The Bertz CT molecular complexity index is 928. The Labute approximate surface area is 179 Å². The lowest BCUT2D eigenvalue weighted by Crippen LogP contribution is -2.46. The van der Waals surface area contributed by atoms with Gasteiger partial charge in [0.05, 0.1) is 12.7 Å². The molecule has 4 N–H and O–H groups in total. The predicted molar refractivity (Wildman–Crippen MR) is 117 cm³/mol. The molecule has 160 valence electrons. The first-order valence-corrected chi connectivity index (χ1v) is 11.4. The number of para-hydroxylation sites is 1. The minimum atomic E-state index is -0.354. The number of rotatable bonds is 4. The summed E-state index contributed by atoms with van der Waals surface area (Å²) in [5.74, 6) is 2.01. The summed E-state index contributed by atoms with van der Waals surface area (Å²) in [4.78, 5) is 0. The fourth-order valence-electron chi connectivity index (χ4n) is 6.85. The minimum Gasteiger partial charge on any atom is -0.508 e. The van der Waals surface area contributed by atoms with Crippen LogP contribution >= 0.6 is 0 Å². The van der Waals surface area contributed by atoms with Gasteiger partial charge >= 0.3 is 0 Å². The van der Waals surface area contributed by atoms with Crippen molar-refractivity contribution in [3.63, 3.8) is 0 Å². The molecule has 3 aliphatic carbocycles.